The average molecular weight is 401 g/mol. The molecule has 25 heavy (non-hydrogen) atoms. The van der Waals surface area contributed by atoms with Gasteiger partial charge in [0.15, 0.2) is 0 Å². The Balaban J connectivity index is 1.29. The molecule has 132 valence electrons. The molecule has 0 bridgehead atoms. The molecule has 1 saturated heterocycles. The van der Waals surface area contributed by atoms with Crippen molar-refractivity contribution in [1.82, 2.24) is 4.90 Å². The van der Waals surface area contributed by atoms with Crippen LogP contribution < -0.4 is 9.64 Å². The summed E-state index contributed by atoms with van der Waals surface area (Å²) in [6.07, 6.45) is 1.36. The summed E-state index contributed by atoms with van der Waals surface area (Å²) in [4.78, 5) is 5.10. The predicted octanol–water partition coefficient (Wildman–Crippen LogP) is 4.38. The Morgan fingerprint density at radius 1 is 1.04 bits per heavy atom. The fourth-order valence-electron chi connectivity index (χ4n) is 3.92. The lowest BCUT2D eigenvalue weighted by atomic mass is 10.1. The van der Waals surface area contributed by atoms with E-state index in [-0.39, 0.29) is 0 Å². The van der Waals surface area contributed by atoms with E-state index in [9.17, 15) is 0 Å². The number of nitrogens with zero attached hydrogens (tertiary/aromatic N) is 2. The Labute approximate surface area is 158 Å². The van der Waals surface area contributed by atoms with Gasteiger partial charge in [-0.05, 0) is 51.9 Å². The number of methoxy groups -OCH3 is 1. The van der Waals surface area contributed by atoms with Gasteiger partial charge >= 0.3 is 0 Å². The van der Waals surface area contributed by atoms with Crippen molar-refractivity contribution in [1.29, 1.82) is 0 Å². The van der Waals surface area contributed by atoms with Crippen molar-refractivity contribution in [2.45, 2.75) is 12.3 Å². The van der Waals surface area contributed by atoms with E-state index < -0.39 is 0 Å². The molecule has 2 aliphatic rings. The van der Waals surface area contributed by atoms with Crippen molar-refractivity contribution in [3.63, 3.8) is 0 Å². The largest absolute Gasteiger partial charge is 0.495 e. The number of anilines is 1. The lowest BCUT2D eigenvalue weighted by molar-refractivity contribution is 0.246. The second kappa shape index (κ2) is 7.38. The van der Waals surface area contributed by atoms with Crippen molar-refractivity contribution in [2.75, 3.05) is 44.7 Å². The second-order valence-electron chi connectivity index (χ2n) is 7.12. The zero-order valence-electron chi connectivity index (χ0n) is 14.7. The quantitative estimate of drug-likeness (QED) is 0.740. The van der Waals surface area contributed by atoms with Gasteiger partial charge in [-0.2, -0.15) is 0 Å². The molecule has 0 spiro atoms. The third-order valence-corrected chi connectivity index (χ3v) is 6.17. The van der Waals surface area contributed by atoms with Gasteiger partial charge in [0.1, 0.15) is 5.75 Å². The van der Waals surface area contributed by atoms with Crippen molar-refractivity contribution in [3.05, 3.63) is 58.6 Å². The highest BCUT2D eigenvalue weighted by molar-refractivity contribution is 9.10. The van der Waals surface area contributed by atoms with Crippen LogP contribution in [-0.4, -0.2) is 44.7 Å². The number of piperazine rings is 1. The average Bonchev–Trinajstić information content (AvgIpc) is 3.43. The molecule has 2 atom stereocenters. The molecular formula is C21H25BrN2O. The van der Waals surface area contributed by atoms with Gasteiger partial charge in [0.05, 0.1) is 11.6 Å². The van der Waals surface area contributed by atoms with Crippen LogP contribution in [0.5, 0.6) is 5.75 Å². The van der Waals surface area contributed by atoms with Crippen molar-refractivity contribution in [3.8, 4) is 5.75 Å². The summed E-state index contributed by atoms with van der Waals surface area (Å²) < 4.78 is 6.44. The maximum atomic E-state index is 5.43. The van der Waals surface area contributed by atoms with Gasteiger partial charge in [-0.1, -0.05) is 30.3 Å². The molecule has 1 saturated carbocycles. The summed E-state index contributed by atoms with van der Waals surface area (Å²) in [5, 5.41) is 0. The number of rotatable bonds is 5. The third kappa shape index (κ3) is 3.85. The Morgan fingerprint density at radius 3 is 2.52 bits per heavy atom. The first-order chi connectivity index (χ1) is 12.2. The Hall–Kier alpha value is -1.52. The lowest BCUT2D eigenvalue weighted by Gasteiger charge is -2.36. The summed E-state index contributed by atoms with van der Waals surface area (Å²) >= 11 is 3.53. The van der Waals surface area contributed by atoms with Crippen LogP contribution in [0, 0.1) is 5.92 Å². The highest BCUT2D eigenvalue weighted by atomic mass is 79.9. The van der Waals surface area contributed by atoms with Crippen LogP contribution in [-0.2, 0) is 0 Å². The molecule has 0 amide bonds. The van der Waals surface area contributed by atoms with Gasteiger partial charge in [0.25, 0.3) is 0 Å². The topological polar surface area (TPSA) is 15.7 Å². The number of hydrogen-bond acceptors (Lipinski definition) is 3. The first-order valence-corrected chi connectivity index (χ1v) is 9.89. The Kier molecular flexibility index (Phi) is 5.00. The minimum atomic E-state index is 0.787. The molecule has 4 rings (SSSR count). The monoisotopic (exact) mass is 400 g/mol. The highest BCUT2D eigenvalue weighted by Gasteiger charge is 2.39. The number of halogens is 1. The van der Waals surface area contributed by atoms with E-state index in [4.69, 9.17) is 4.74 Å². The van der Waals surface area contributed by atoms with Gasteiger partial charge in [-0.15, -0.1) is 0 Å². The Morgan fingerprint density at radius 2 is 1.80 bits per heavy atom. The summed E-state index contributed by atoms with van der Waals surface area (Å²) in [7, 11) is 1.72. The summed E-state index contributed by atoms with van der Waals surface area (Å²) in [5.41, 5.74) is 2.78. The normalized spacial score (nSPS) is 23.5. The fourth-order valence-corrected chi connectivity index (χ4v) is 4.33. The van der Waals surface area contributed by atoms with Crippen molar-refractivity contribution >= 4 is 21.6 Å². The van der Waals surface area contributed by atoms with E-state index >= 15 is 0 Å². The fraction of sp³-hybridized carbons (Fsp3) is 0.429. The van der Waals surface area contributed by atoms with Crippen molar-refractivity contribution in [2.24, 2.45) is 5.92 Å². The molecule has 2 aromatic rings. The van der Waals surface area contributed by atoms with Crippen LogP contribution in [0.1, 0.15) is 17.9 Å². The van der Waals surface area contributed by atoms with E-state index in [1.54, 1.807) is 7.11 Å². The lowest BCUT2D eigenvalue weighted by Crippen LogP contribution is -2.47. The van der Waals surface area contributed by atoms with Crippen LogP contribution >= 0.6 is 15.9 Å². The zero-order valence-corrected chi connectivity index (χ0v) is 16.3. The molecule has 2 fully saturated rings. The van der Waals surface area contributed by atoms with E-state index in [1.165, 1.54) is 24.2 Å². The van der Waals surface area contributed by atoms with E-state index in [1.807, 2.05) is 0 Å². The standard InChI is InChI=1S/C21H25BrN2O/c1-25-21-14-18(7-8-20(21)22)24-11-9-23(10-12-24)15-17-13-19(17)16-5-3-2-4-6-16/h2-8,14,17,19H,9-13,15H2,1H3/t17-,19-/m1/s1. The minimum absolute atomic E-state index is 0.787. The molecule has 2 aromatic carbocycles. The third-order valence-electron chi connectivity index (χ3n) is 5.52. The molecule has 4 heteroatoms. The number of hydrogen-bond donors (Lipinski definition) is 0. The van der Waals surface area contributed by atoms with E-state index in [2.05, 4.69) is 74.3 Å². The summed E-state index contributed by atoms with van der Waals surface area (Å²) in [6, 6.07) is 17.4. The predicted molar refractivity (Wildman–Crippen MR) is 107 cm³/mol. The van der Waals surface area contributed by atoms with Crippen LogP contribution in [0.2, 0.25) is 0 Å². The molecule has 0 aromatic heterocycles. The molecule has 1 aliphatic carbocycles. The van der Waals surface area contributed by atoms with Gasteiger partial charge in [-0.25, -0.2) is 0 Å². The first kappa shape index (κ1) is 16.9. The van der Waals surface area contributed by atoms with Gasteiger partial charge in [-0.3, -0.25) is 4.90 Å². The second-order valence-corrected chi connectivity index (χ2v) is 7.97. The van der Waals surface area contributed by atoms with Crippen LogP contribution in [0.25, 0.3) is 0 Å². The maximum Gasteiger partial charge on any atom is 0.135 e. The molecule has 1 aliphatic heterocycles. The number of benzene rings is 2. The van der Waals surface area contributed by atoms with Crippen LogP contribution in [0.15, 0.2) is 53.0 Å². The molecule has 0 radical (unpaired) electrons. The van der Waals surface area contributed by atoms with Crippen LogP contribution in [0.4, 0.5) is 5.69 Å². The molecule has 3 nitrogen and oxygen atoms in total. The SMILES string of the molecule is COc1cc(N2CCN(C[C@H]3C[C@@H]3c3ccccc3)CC2)ccc1Br. The van der Waals surface area contributed by atoms with Gasteiger partial charge in [0.2, 0.25) is 0 Å². The first-order valence-electron chi connectivity index (χ1n) is 9.10. The van der Waals surface area contributed by atoms with Gasteiger partial charge in [0, 0.05) is 44.5 Å². The summed E-state index contributed by atoms with van der Waals surface area (Å²) in [5.74, 6) is 2.54. The van der Waals surface area contributed by atoms with E-state index in [0.717, 1.165) is 48.2 Å². The molecular weight excluding hydrogens is 376 g/mol. The van der Waals surface area contributed by atoms with Crippen LogP contribution in [0.3, 0.4) is 0 Å². The summed E-state index contributed by atoms with van der Waals surface area (Å²) in [6.45, 7) is 5.73. The molecule has 1 heterocycles. The maximum absolute atomic E-state index is 5.43. The smallest absolute Gasteiger partial charge is 0.135 e. The minimum Gasteiger partial charge on any atom is -0.495 e. The molecule has 0 unspecified atom stereocenters. The molecule has 0 N–H and O–H groups in total. The van der Waals surface area contributed by atoms with E-state index in [0.29, 0.717) is 0 Å². The number of ether oxygens (including phenoxy) is 1. The highest BCUT2D eigenvalue weighted by Crippen LogP contribution is 2.47. The zero-order chi connectivity index (χ0) is 17.2. The van der Waals surface area contributed by atoms with Crippen molar-refractivity contribution < 1.29 is 4.74 Å². The van der Waals surface area contributed by atoms with Gasteiger partial charge < -0.3 is 9.64 Å². The Bertz CT molecular complexity index is 713.